The minimum absolute atomic E-state index is 0.151. The van der Waals surface area contributed by atoms with Crippen molar-refractivity contribution in [2.75, 3.05) is 39.4 Å². The SMILES string of the molecule is O=C(CCC1CCCC1)NCC#CCN1CCOCC1. The van der Waals surface area contributed by atoms with Crippen molar-refractivity contribution >= 4 is 5.91 Å². The third kappa shape index (κ3) is 5.94. The summed E-state index contributed by atoms with van der Waals surface area (Å²) in [7, 11) is 0. The minimum Gasteiger partial charge on any atom is -0.379 e. The van der Waals surface area contributed by atoms with Crippen molar-refractivity contribution < 1.29 is 9.53 Å². The van der Waals surface area contributed by atoms with Gasteiger partial charge in [-0.15, -0.1) is 0 Å². The van der Waals surface area contributed by atoms with Crippen LogP contribution in [0, 0.1) is 17.8 Å². The standard InChI is InChI=1S/C16H26N2O2/c19-16(8-7-15-5-1-2-6-15)17-9-3-4-10-18-11-13-20-14-12-18/h15H,1-2,5-14H2,(H,17,19). The highest BCUT2D eigenvalue weighted by atomic mass is 16.5. The number of amides is 1. The second-order valence-corrected chi connectivity index (χ2v) is 5.71. The van der Waals surface area contributed by atoms with E-state index in [4.69, 9.17) is 4.74 Å². The molecule has 1 saturated heterocycles. The lowest BCUT2D eigenvalue weighted by atomic mass is 10.0. The molecular weight excluding hydrogens is 252 g/mol. The van der Waals surface area contributed by atoms with Crippen LogP contribution in [0.15, 0.2) is 0 Å². The normalized spacial score (nSPS) is 20.4. The number of ether oxygens (including phenoxy) is 1. The topological polar surface area (TPSA) is 41.6 Å². The molecule has 0 radical (unpaired) electrons. The highest BCUT2D eigenvalue weighted by molar-refractivity contribution is 5.76. The summed E-state index contributed by atoms with van der Waals surface area (Å²) in [5, 5.41) is 2.89. The van der Waals surface area contributed by atoms with Gasteiger partial charge in [-0.2, -0.15) is 0 Å². The van der Waals surface area contributed by atoms with Crippen LogP contribution in [0.4, 0.5) is 0 Å². The molecule has 1 N–H and O–H groups in total. The van der Waals surface area contributed by atoms with E-state index < -0.39 is 0 Å². The largest absolute Gasteiger partial charge is 0.379 e. The summed E-state index contributed by atoms with van der Waals surface area (Å²) in [4.78, 5) is 13.9. The van der Waals surface area contributed by atoms with Crippen molar-refractivity contribution in [1.82, 2.24) is 10.2 Å². The fourth-order valence-corrected chi connectivity index (χ4v) is 2.85. The second kappa shape index (κ2) is 8.99. The summed E-state index contributed by atoms with van der Waals surface area (Å²) < 4.78 is 5.28. The van der Waals surface area contributed by atoms with Crippen LogP contribution in [-0.2, 0) is 9.53 Å². The molecule has 2 aliphatic rings. The van der Waals surface area contributed by atoms with E-state index in [0.717, 1.165) is 45.2 Å². The van der Waals surface area contributed by atoms with E-state index in [-0.39, 0.29) is 5.91 Å². The van der Waals surface area contributed by atoms with E-state index in [1.165, 1.54) is 25.7 Å². The zero-order chi connectivity index (χ0) is 14.0. The molecular formula is C16H26N2O2. The third-order valence-electron chi connectivity index (χ3n) is 4.16. The van der Waals surface area contributed by atoms with E-state index in [1.54, 1.807) is 0 Å². The molecule has 1 aliphatic heterocycles. The van der Waals surface area contributed by atoms with Crippen molar-refractivity contribution in [2.24, 2.45) is 5.92 Å². The molecule has 0 bridgehead atoms. The van der Waals surface area contributed by atoms with Crippen molar-refractivity contribution in [1.29, 1.82) is 0 Å². The Labute approximate surface area is 122 Å². The molecule has 1 amide bonds. The molecule has 112 valence electrons. The van der Waals surface area contributed by atoms with Gasteiger partial charge in [-0.05, 0) is 12.3 Å². The average Bonchev–Trinajstić information content (AvgIpc) is 2.99. The lowest BCUT2D eigenvalue weighted by Gasteiger charge is -2.24. The molecule has 20 heavy (non-hydrogen) atoms. The van der Waals surface area contributed by atoms with Gasteiger partial charge < -0.3 is 10.1 Å². The summed E-state index contributed by atoms with van der Waals surface area (Å²) in [6, 6.07) is 0. The fourth-order valence-electron chi connectivity index (χ4n) is 2.85. The van der Waals surface area contributed by atoms with Crippen LogP contribution in [-0.4, -0.2) is 50.2 Å². The van der Waals surface area contributed by atoms with Gasteiger partial charge in [0.25, 0.3) is 0 Å². The van der Waals surface area contributed by atoms with Crippen molar-refractivity contribution in [2.45, 2.75) is 38.5 Å². The first kappa shape index (κ1) is 15.3. The van der Waals surface area contributed by atoms with Gasteiger partial charge in [-0.25, -0.2) is 0 Å². The Morgan fingerprint density at radius 1 is 1.20 bits per heavy atom. The maximum absolute atomic E-state index is 11.7. The molecule has 2 fully saturated rings. The molecule has 1 heterocycles. The number of carbonyl (C=O) groups excluding carboxylic acids is 1. The first-order chi connectivity index (χ1) is 9.84. The Hall–Kier alpha value is -1.05. The number of rotatable bonds is 5. The monoisotopic (exact) mass is 278 g/mol. The molecule has 0 atom stereocenters. The Kier molecular flexibility index (Phi) is 6.90. The first-order valence-corrected chi connectivity index (χ1v) is 7.87. The van der Waals surface area contributed by atoms with Gasteiger partial charge in [-0.3, -0.25) is 9.69 Å². The summed E-state index contributed by atoms with van der Waals surface area (Å²) in [5.74, 6) is 7.08. The van der Waals surface area contributed by atoms with Gasteiger partial charge in [0.05, 0.1) is 26.3 Å². The van der Waals surface area contributed by atoms with Crippen LogP contribution in [0.2, 0.25) is 0 Å². The summed E-state index contributed by atoms with van der Waals surface area (Å²) in [6.07, 6.45) is 7.03. The quantitative estimate of drug-likeness (QED) is 0.773. The smallest absolute Gasteiger partial charge is 0.220 e. The van der Waals surface area contributed by atoms with E-state index in [9.17, 15) is 4.79 Å². The van der Waals surface area contributed by atoms with Crippen LogP contribution < -0.4 is 5.32 Å². The van der Waals surface area contributed by atoms with Crippen LogP contribution in [0.25, 0.3) is 0 Å². The van der Waals surface area contributed by atoms with Crippen LogP contribution in [0.3, 0.4) is 0 Å². The summed E-state index contributed by atoms with van der Waals surface area (Å²) in [5.41, 5.74) is 0. The summed E-state index contributed by atoms with van der Waals surface area (Å²) in [6.45, 7) is 4.79. The zero-order valence-electron chi connectivity index (χ0n) is 12.3. The number of hydrogen-bond donors (Lipinski definition) is 1. The molecule has 0 aromatic heterocycles. The van der Waals surface area contributed by atoms with Crippen molar-refractivity contribution in [3.05, 3.63) is 0 Å². The van der Waals surface area contributed by atoms with Crippen LogP contribution >= 0.6 is 0 Å². The van der Waals surface area contributed by atoms with Crippen molar-refractivity contribution in [3.63, 3.8) is 0 Å². The number of carbonyl (C=O) groups is 1. The van der Waals surface area contributed by atoms with Crippen molar-refractivity contribution in [3.8, 4) is 11.8 Å². The predicted octanol–water partition coefficient (Wildman–Crippen LogP) is 1.41. The number of morpholine rings is 1. The predicted molar refractivity (Wildman–Crippen MR) is 79.2 cm³/mol. The van der Waals surface area contributed by atoms with E-state index in [1.807, 2.05) is 0 Å². The van der Waals surface area contributed by atoms with Gasteiger partial charge in [0, 0.05) is 19.5 Å². The third-order valence-corrected chi connectivity index (χ3v) is 4.16. The average molecular weight is 278 g/mol. The Morgan fingerprint density at radius 3 is 2.70 bits per heavy atom. The fraction of sp³-hybridized carbons (Fsp3) is 0.812. The first-order valence-electron chi connectivity index (χ1n) is 7.87. The van der Waals surface area contributed by atoms with Gasteiger partial charge in [0.2, 0.25) is 5.91 Å². The van der Waals surface area contributed by atoms with E-state index >= 15 is 0 Å². The molecule has 1 aliphatic carbocycles. The Morgan fingerprint density at radius 2 is 1.95 bits per heavy atom. The highest BCUT2D eigenvalue weighted by Gasteiger charge is 2.15. The van der Waals surface area contributed by atoms with E-state index in [2.05, 4.69) is 22.1 Å². The minimum atomic E-state index is 0.151. The zero-order valence-corrected chi connectivity index (χ0v) is 12.3. The number of nitrogens with one attached hydrogen (secondary N) is 1. The molecule has 4 heteroatoms. The Bertz CT molecular complexity index is 347. The molecule has 0 unspecified atom stereocenters. The van der Waals surface area contributed by atoms with Gasteiger partial charge in [-0.1, -0.05) is 37.5 Å². The molecule has 0 aromatic rings. The maximum Gasteiger partial charge on any atom is 0.220 e. The van der Waals surface area contributed by atoms with Crippen LogP contribution in [0.1, 0.15) is 38.5 Å². The molecule has 4 nitrogen and oxygen atoms in total. The lowest BCUT2D eigenvalue weighted by molar-refractivity contribution is -0.121. The number of nitrogens with zero attached hydrogens (tertiary/aromatic N) is 1. The summed E-state index contributed by atoms with van der Waals surface area (Å²) >= 11 is 0. The molecule has 0 aromatic carbocycles. The Balaban J connectivity index is 1.50. The van der Waals surface area contributed by atoms with E-state index in [0.29, 0.717) is 13.0 Å². The van der Waals surface area contributed by atoms with Gasteiger partial charge in [0.15, 0.2) is 0 Å². The lowest BCUT2D eigenvalue weighted by Crippen LogP contribution is -2.36. The molecule has 1 saturated carbocycles. The second-order valence-electron chi connectivity index (χ2n) is 5.71. The highest BCUT2D eigenvalue weighted by Crippen LogP contribution is 2.28. The van der Waals surface area contributed by atoms with Gasteiger partial charge in [0.1, 0.15) is 0 Å². The maximum atomic E-state index is 11.7. The van der Waals surface area contributed by atoms with Crippen LogP contribution in [0.5, 0.6) is 0 Å². The van der Waals surface area contributed by atoms with Gasteiger partial charge >= 0.3 is 0 Å². The molecule has 2 rings (SSSR count). The molecule has 0 spiro atoms. The number of hydrogen-bond acceptors (Lipinski definition) is 3.